The first-order chi connectivity index (χ1) is 2.81. The molecule has 0 spiro atoms. The standard InChI is InChI=1S/C5H10O.4Na.4H/c1-3-5(2)4-6;;;;;;;;/h3,6H,4H2,1-2H3;;;;;;;;/q;4*+1;4*-1/b5-3+;;;;;;;;. The van der Waals surface area contributed by atoms with E-state index in [0.29, 0.717) is 0 Å². The zero-order chi connectivity index (χ0) is 4.99. The van der Waals surface area contributed by atoms with Crippen LogP contribution in [0.15, 0.2) is 11.6 Å². The van der Waals surface area contributed by atoms with Crippen LogP contribution in [0.4, 0.5) is 0 Å². The molecule has 5 heteroatoms. The summed E-state index contributed by atoms with van der Waals surface area (Å²) in [6.07, 6.45) is 1.89. The summed E-state index contributed by atoms with van der Waals surface area (Å²) < 4.78 is 0. The number of aliphatic hydroxyl groups excluding tert-OH is 1. The smallest absolute Gasteiger partial charge is 1.00 e. The fourth-order valence-corrected chi connectivity index (χ4v) is 0.0913. The van der Waals surface area contributed by atoms with Gasteiger partial charge in [-0.05, 0) is 13.8 Å². The molecular formula is C5H14Na4O. The van der Waals surface area contributed by atoms with E-state index in [2.05, 4.69) is 0 Å². The maximum atomic E-state index is 8.27. The molecule has 0 heterocycles. The maximum absolute atomic E-state index is 8.27. The van der Waals surface area contributed by atoms with Crippen LogP contribution in [0.25, 0.3) is 0 Å². The van der Waals surface area contributed by atoms with Gasteiger partial charge in [-0.15, -0.1) is 0 Å². The first kappa shape index (κ1) is 29.2. The van der Waals surface area contributed by atoms with Gasteiger partial charge in [0.25, 0.3) is 0 Å². The van der Waals surface area contributed by atoms with Crippen LogP contribution < -0.4 is 118 Å². The molecule has 0 atom stereocenters. The Morgan fingerprint density at radius 1 is 1.30 bits per heavy atom. The van der Waals surface area contributed by atoms with Gasteiger partial charge in [0.1, 0.15) is 0 Å². The second-order valence-corrected chi connectivity index (χ2v) is 1.29. The van der Waals surface area contributed by atoms with E-state index in [9.17, 15) is 0 Å². The van der Waals surface area contributed by atoms with E-state index in [1.807, 2.05) is 19.9 Å². The molecule has 0 saturated carbocycles. The van der Waals surface area contributed by atoms with E-state index < -0.39 is 0 Å². The molecule has 1 N–H and O–H groups in total. The molecule has 0 aliphatic rings. The summed E-state index contributed by atoms with van der Waals surface area (Å²) in [6.45, 7) is 3.99. The van der Waals surface area contributed by atoms with E-state index in [0.717, 1.165) is 5.57 Å². The summed E-state index contributed by atoms with van der Waals surface area (Å²) in [5.74, 6) is 0. The summed E-state index contributed by atoms with van der Waals surface area (Å²) >= 11 is 0. The van der Waals surface area contributed by atoms with Crippen molar-refractivity contribution in [3.63, 3.8) is 0 Å². The van der Waals surface area contributed by atoms with Crippen LogP contribution in [-0.2, 0) is 0 Å². The zero-order valence-corrected chi connectivity index (χ0v) is 16.2. The summed E-state index contributed by atoms with van der Waals surface area (Å²) in [5, 5.41) is 8.27. The van der Waals surface area contributed by atoms with Crippen molar-refractivity contribution in [2.45, 2.75) is 13.8 Å². The zero-order valence-electron chi connectivity index (χ0n) is 12.2. The van der Waals surface area contributed by atoms with Gasteiger partial charge in [-0.25, -0.2) is 0 Å². The van der Waals surface area contributed by atoms with Gasteiger partial charge in [-0.3, -0.25) is 0 Å². The molecule has 0 radical (unpaired) electrons. The van der Waals surface area contributed by atoms with Crippen molar-refractivity contribution >= 4 is 0 Å². The SMILES string of the molecule is C/C=C(\C)CO.[H-].[H-].[H-].[H-].[Na+].[Na+].[Na+].[Na+]. The number of hydrogen-bond donors (Lipinski definition) is 1. The predicted molar refractivity (Wildman–Crippen MR) is 31.0 cm³/mol. The third kappa shape index (κ3) is 22.6. The molecule has 0 aromatic heterocycles. The normalized spacial score (nSPS) is 7.30. The number of rotatable bonds is 1. The first-order valence-corrected chi connectivity index (χ1v) is 2.04. The summed E-state index contributed by atoms with van der Waals surface area (Å²) in [5.41, 5.74) is 1.02. The maximum Gasteiger partial charge on any atom is 1.00 e. The molecule has 0 saturated heterocycles. The van der Waals surface area contributed by atoms with Gasteiger partial charge in [0.05, 0.1) is 6.61 Å². The Kier molecular flexibility index (Phi) is 67.1. The fourth-order valence-electron chi connectivity index (χ4n) is 0.0913. The second-order valence-electron chi connectivity index (χ2n) is 1.29. The first-order valence-electron chi connectivity index (χ1n) is 2.04. The van der Waals surface area contributed by atoms with Gasteiger partial charge in [-0.1, -0.05) is 11.6 Å². The molecule has 0 unspecified atom stereocenters. The van der Waals surface area contributed by atoms with Crippen molar-refractivity contribution in [2.75, 3.05) is 6.61 Å². The van der Waals surface area contributed by atoms with Gasteiger partial charge < -0.3 is 10.8 Å². The molecular weight excluding hydrogens is 168 g/mol. The number of allylic oxidation sites excluding steroid dienone is 1. The Bertz CT molecular complexity index is 76.8. The molecule has 0 rings (SSSR count). The van der Waals surface area contributed by atoms with Gasteiger partial charge >= 0.3 is 118 Å². The number of aliphatic hydroxyl groups is 1. The molecule has 0 amide bonds. The number of hydrogen-bond acceptors (Lipinski definition) is 1. The second kappa shape index (κ2) is 23.0. The van der Waals surface area contributed by atoms with Crippen molar-refractivity contribution in [2.24, 2.45) is 0 Å². The molecule has 0 aromatic rings. The molecule has 0 aliphatic heterocycles. The molecule has 44 valence electrons. The van der Waals surface area contributed by atoms with Crippen molar-refractivity contribution in [1.82, 2.24) is 0 Å². The van der Waals surface area contributed by atoms with Crippen LogP contribution >= 0.6 is 0 Å². The van der Waals surface area contributed by atoms with E-state index in [1.165, 1.54) is 0 Å². The van der Waals surface area contributed by atoms with Gasteiger partial charge in [0, 0.05) is 0 Å². The average Bonchev–Trinajstić information content (AvgIpc) is 1.65. The monoisotopic (exact) mass is 182 g/mol. The van der Waals surface area contributed by atoms with Crippen molar-refractivity contribution in [3.8, 4) is 0 Å². The van der Waals surface area contributed by atoms with E-state index in [4.69, 9.17) is 5.11 Å². The van der Waals surface area contributed by atoms with E-state index in [1.54, 1.807) is 0 Å². The van der Waals surface area contributed by atoms with Crippen LogP contribution in [0, 0.1) is 0 Å². The van der Waals surface area contributed by atoms with Gasteiger partial charge in [-0.2, -0.15) is 0 Å². The Labute approximate surface area is 158 Å². The summed E-state index contributed by atoms with van der Waals surface area (Å²) in [6, 6.07) is 0. The Hall–Kier alpha value is 3.70. The molecule has 0 fully saturated rings. The molecule has 1 nitrogen and oxygen atoms in total. The van der Waals surface area contributed by atoms with E-state index >= 15 is 0 Å². The Morgan fingerprint density at radius 2 is 1.60 bits per heavy atom. The third-order valence-corrected chi connectivity index (χ3v) is 0.742. The Balaban J connectivity index is -0.00000000446. The minimum Gasteiger partial charge on any atom is -1.00 e. The Morgan fingerprint density at radius 3 is 1.60 bits per heavy atom. The van der Waals surface area contributed by atoms with Gasteiger partial charge in [0.15, 0.2) is 0 Å². The third-order valence-electron chi connectivity index (χ3n) is 0.742. The molecule has 0 aliphatic carbocycles. The molecule has 10 heavy (non-hydrogen) atoms. The van der Waals surface area contributed by atoms with Gasteiger partial charge in [0.2, 0.25) is 0 Å². The molecule has 0 aromatic carbocycles. The minimum atomic E-state index is 0. The van der Waals surface area contributed by atoms with Crippen molar-refractivity contribution < 1.29 is 129 Å². The summed E-state index contributed by atoms with van der Waals surface area (Å²) in [4.78, 5) is 0. The minimum absolute atomic E-state index is 0. The topological polar surface area (TPSA) is 20.2 Å². The van der Waals surface area contributed by atoms with Crippen LogP contribution in [0.2, 0.25) is 0 Å². The van der Waals surface area contributed by atoms with E-state index in [-0.39, 0.29) is 131 Å². The van der Waals surface area contributed by atoms with Crippen LogP contribution in [0.3, 0.4) is 0 Å². The van der Waals surface area contributed by atoms with Crippen molar-refractivity contribution in [1.29, 1.82) is 0 Å². The average molecular weight is 182 g/mol. The van der Waals surface area contributed by atoms with Crippen LogP contribution in [0.5, 0.6) is 0 Å². The van der Waals surface area contributed by atoms with Crippen LogP contribution in [0.1, 0.15) is 19.6 Å². The largest absolute Gasteiger partial charge is 1.00 e. The van der Waals surface area contributed by atoms with Crippen molar-refractivity contribution in [3.05, 3.63) is 11.6 Å². The summed E-state index contributed by atoms with van der Waals surface area (Å²) in [7, 11) is 0. The quantitative estimate of drug-likeness (QED) is 0.315. The van der Waals surface area contributed by atoms with Crippen LogP contribution in [-0.4, -0.2) is 11.7 Å². The predicted octanol–water partition coefficient (Wildman–Crippen LogP) is -10.6. The molecule has 0 bridgehead atoms. The fraction of sp³-hybridized carbons (Fsp3) is 0.600.